The lowest BCUT2D eigenvalue weighted by molar-refractivity contribution is -0.166. The Balaban J connectivity index is 2.29. The zero-order valence-electron chi connectivity index (χ0n) is 17.5. The summed E-state index contributed by atoms with van der Waals surface area (Å²) in [4.78, 5) is 12.9. The summed E-state index contributed by atoms with van der Waals surface area (Å²) in [5.74, 6) is -2.38. The summed E-state index contributed by atoms with van der Waals surface area (Å²) in [5, 5.41) is 10.9. The van der Waals surface area contributed by atoms with Crippen LogP contribution in [0.5, 0.6) is 0 Å². The Morgan fingerprint density at radius 1 is 1.03 bits per heavy atom. The van der Waals surface area contributed by atoms with Gasteiger partial charge in [0.25, 0.3) is 0 Å². The summed E-state index contributed by atoms with van der Waals surface area (Å²) in [5.41, 5.74) is 5.58. The summed E-state index contributed by atoms with van der Waals surface area (Å²) < 4.78 is 53.3. The molecule has 1 saturated carbocycles. The van der Waals surface area contributed by atoms with Crippen LogP contribution in [0.2, 0.25) is 0 Å². The summed E-state index contributed by atoms with van der Waals surface area (Å²) in [6.07, 6.45) is 2.63. The monoisotopic (exact) mass is 453 g/mol. The van der Waals surface area contributed by atoms with E-state index in [9.17, 15) is 26.7 Å². The Kier molecular flexibility index (Phi) is 7.79. The van der Waals surface area contributed by atoms with Crippen LogP contribution >= 0.6 is 0 Å². The number of carbonyl (C=O) groups is 1. The smallest absolute Gasteiger partial charge is 0.313 e. The predicted molar refractivity (Wildman–Crippen MR) is 110 cm³/mol. The first-order chi connectivity index (χ1) is 13.2. The first kappa shape index (κ1) is 24.6. The number of hydrogen-bond acceptors (Lipinski definition) is 8. The number of aliphatic hydroxyl groups excluding tert-OH is 1. The van der Waals surface area contributed by atoms with Crippen LogP contribution < -0.4 is 5.73 Å². The second-order valence-corrected chi connectivity index (χ2v) is 14.3. The molecule has 1 saturated heterocycles. The van der Waals surface area contributed by atoms with Crippen LogP contribution in [-0.2, 0) is 29.2 Å². The van der Waals surface area contributed by atoms with E-state index in [1.807, 2.05) is 0 Å². The van der Waals surface area contributed by atoms with Gasteiger partial charge in [0.2, 0.25) is 0 Å². The summed E-state index contributed by atoms with van der Waals surface area (Å²) in [6, 6.07) is -0.728. The number of esters is 1. The highest BCUT2D eigenvalue weighted by Crippen LogP contribution is 2.33. The Labute approximate surface area is 174 Å². The van der Waals surface area contributed by atoms with Gasteiger partial charge < -0.3 is 15.6 Å². The molecule has 0 aromatic rings. The second kappa shape index (κ2) is 9.20. The molecule has 1 unspecified atom stereocenters. The number of rotatable bonds is 6. The van der Waals surface area contributed by atoms with Gasteiger partial charge in [-0.2, -0.15) is 0 Å². The van der Waals surface area contributed by atoms with E-state index in [2.05, 4.69) is 0 Å². The number of ether oxygens (including phenoxy) is 1. The molecule has 3 atom stereocenters. The molecule has 0 bridgehead atoms. The van der Waals surface area contributed by atoms with Crippen molar-refractivity contribution in [3.8, 4) is 0 Å². The van der Waals surface area contributed by atoms with E-state index >= 15 is 0 Å². The molecule has 0 aromatic carbocycles. The fraction of sp³-hybridized carbons (Fsp3) is 0.947. The van der Waals surface area contributed by atoms with Crippen LogP contribution in [-0.4, -0.2) is 61.7 Å². The first-order valence-electron chi connectivity index (χ1n) is 10.3. The van der Waals surface area contributed by atoms with Crippen molar-refractivity contribution in [1.82, 2.24) is 0 Å². The highest BCUT2D eigenvalue weighted by atomic mass is 32.3. The van der Waals surface area contributed by atoms with Gasteiger partial charge in [0.15, 0.2) is 24.3 Å². The highest BCUT2D eigenvalue weighted by molar-refractivity contribution is 8.09. The standard InChI is InChI=1S/C19H35NO7S2/c1-19(2,3)27-18(22)16(17(20)13-8-5-4-6-9-13)14(21)12-15-28(23,24)10-7-11-29(15,25)26/h13-17,21H,4-12,20H2,1-3H3/t14-,16+,17?/m0/s1. The average Bonchev–Trinajstić information content (AvgIpc) is 2.57. The third-order valence-corrected chi connectivity index (χ3v) is 11.3. The van der Waals surface area contributed by atoms with Crippen LogP contribution in [0.4, 0.5) is 0 Å². The van der Waals surface area contributed by atoms with Gasteiger partial charge in [0.1, 0.15) is 5.60 Å². The minimum Gasteiger partial charge on any atom is -0.460 e. The molecular weight excluding hydrogens is 418 g/mol. The summed E-state index contributed by atoms with van der Waals surface area (Å²) in [6.45, 7) is 5.07. The van der Waals surface area contributed by atoms with E-state index in [-0.39, 0.29) is 23.8 Å². The molecule has 1 aliphatic carbocycles. The summed E-state index contributed by atoms with van der Waals surface area (Å²) >= 11 is 0. The summed E-state index contributed by atoms with van der Waals surface area (Å²) in [7, 11) is -7.82. The topological polar surface area (TPSA) is 141 Å². The van der Waals surface area contributed by atoms with E-state index < -0.39 is 60.3 Å². The van der Waals surface area contributed by atoms with Crippen molar-refractivity contribution in [3.05, 3.63) is 0 Å². The van der Waals surface area contributed by atoms with E-state index in [0.717, 1.165) is 32.1 Å². The third-order valence-electron chi connectivity index (χ3n) is 5.80. The molecule has 3 N–H and O–H groups in total. The van der Waals surface area contributed by atoms with Crippen molar-refractivity contribution in [2.24, 2.45) is 17.6 Å². The fourth-order valence-electron chi connectivity index (χ4n) is 4.34. The van der Waals surface area contributed by atoms with Crippen LogP contribution in [0, 0.1) is 11.8 Å². The Bertz CT molecular complexity index is 746. The second-order valence-electron chi connectivity index (χ2n) is 9.35. The normalized spacial score (nSPS) is 26.4. The van der Waals surface area contributed by atoms with Crippen molar-refractivity contribution in [2.75, 3.05) is 11.5 Å². The van der Waals surface area contributed by atoms with Gasteiger partial charge in [-0.25, -0.2) is 16.8 Å². The first-order valence-corrected chi connectivity index (χ1v) is 13.8. The molecule has 10 heteroatoms. The van der Waals surface area contributed by atoms with E-state index in [1.54, 1.807) is 20.8 Å². The molecule has 29 heavy (non-hydrogen) atoms. The Hall–Kier alpha value is -0.710. The van der Waals surface area contributed by atoms with Gasteiger partial charge in [0.05, 0.1) is 23.5 Å². The lowest BCUT2D eigenvalue weighted by Gasteiger charge is -2.36. The SMILES string of the molecule is CC(C)(C)OC(=O)[C@@H](C(N)C1CCCCC1)[C@@H](O)CC1S(=O)(=O)CCCS1(=O)=O. The van der Waals surface area contributed by atoms with Crippen molar-refractivity contribution in [1.29, 1.82) is 0 Å². The molecule has 0 amide bonds. The number of sulfone groups is 2. The number of hydrogen-bond donors (Lipinski definition) is 2. The molecule has 0 radical (unpaired) electrons. The highest BCUT2D eigenvalue weighted by Gasteiger charge is 2.46. The quantitative estimate of drug-likeness (QED) is 0.571. The number of aliphatic hydroxyl groups is 1. The zero-order chi connectivity index (χ0) is 22.0. The molecule has 2 rings (SSSR count). The van der Waals surface area contributed by atoms with E-state index in [4.69, 9.17) is 10.5 Å². The molecule has 0 aromatic heterocycles. The van der Waals surface area contributed by atoms with E-state index in [0.29, 0.717) is 0 Å². The Morgan fingerprint density at radius 2 is 1.55 bits per heavy atom. The third kappa shape index (κ3) is 6.38. The van der Waals surface area contributed by atoms with Crippen LogP contribution in [0.25, 0.3) is 0 Å². The van der Waals surface area contributed by atoms with Crippen molar-refractivity contribution < 1.29 is 31.5 Å². The van der Waals surface area contributed by atoms with Gasteiger partial charge in [-0.05, 0) is 46.0 Å². The maximum atomic E-state index is 12.9. The van der Waals surface area contributed by atoms with Gasteiger partial charge in [-0.15, -0.1) is 0 Å². The Morgan fingerprint density at radius 3 is 2.03 bits per heavy atom. The molecule has 170 valence electrons. The molecule has 1 heterocycles. The molecular formula is C19H35NO7S2. The van der Waals surface area contributed by atoms with Crippen molar-refractivity contribution in [3.63, 3.8) is 0 Å². The maximum Gasteiger partial charge on any atom is 0.313 e. The minimum absolute atomic E-state index is 0.00418. The van der Waals surface area contributed by atoms with Gasteiger partial charge in [-0.3, -0.25) is 4.79 Å². The van der Waals surface area contributed by atoms with Crippen LogP contribution in [0.3, 0.4) is 0 Å². The minimum atomic E-state index is -3.91. The molecule has 8 nitrogen and oxygen atoms in total. The van der Waals surface area contributed by atoms with Crippen LogP contribution in [0.15, 0.2) is 0 Å². The molecule has 0 spiro atoms. The zero-order valence-corrected chi connectivity index (χ0v) is 19.2. The maximum absolute atomic E-state index is 12.9. The van der Waals surface area contributed by atoms with Crippen LogP contribution in [0.1, 0.15) is 65.7 Å². The predicted octanol–water partition coefficient (Wildman–Crippen LogP) is 1.16. The number of carbonyl (C=O) groups excluding carboxylic acids is 1. The lowest BCUT2D eigenvalue weighted by Crippen LogP contribution is -2.52. The van der Waals surface area contributed by atoms with E-state index in [1.165, 1.54) is 0 Å². The molecule has 1 aliphatic heterocycles. The van der Waals surface area contributed by atoms with Gasteiger partial charge >= 0.3 is 5.97 Å². The van der Waals surface area contributed by atoms with Gasteiger partial charge in [0, 0.05) is 12.5 Å². The largest absolute Gasteiger partial charge is 0.460 e. The van der Waals surface area contributed by atoms with Crippen molar-refractivity contribution in [2.45, 2.75) is 88.0 Å². The number of nitrogens with two attached hydrogens (primary N) is 1. The molecule has 2 aliphatic rings. The van der Waals surface area contributed by atoms with Gasteiger partial charge in [-0.1, -0.05) is 19.3 Å². The molecule has 2 fully saturated rings. The fourth-order valence-corrected chi connectivity index (χ4v) is 9.48. The lowest BCUT2D eigenvalue weighted by atomic mass is 9.77. The average molecular weight is 454 g/mol. The van der Waals surface area contributed by atoms with Crippen molar-refractivity contribution >= 4 is 25.6 Å².